The van der Waals surface area contributed by atoms with Crippen LogP contribution in [0.1, 0.15) is 23.2 Å². The van der Waals surface area contributed by atoms with Crippen LogP contribution in [0.3, 0.4) is 0 Å². The van der Waals surface area contributed by atoms with E-state index < -0.39 is 0 Å². The molecule has 130 valence electrons. The summed E-state index contributed by atoms with van der Waals surface area (Å²) in [6.45, 7) is 2.52. The molecule has 2 aromatic carbocycles. The minimum Gasteiger partial charge on any atom is -0.338 e. The van der Waals surface area contributed by atoms with Crippen LogP contribution >= 0.6 is 11.8 Å². The molecule has 2 aliphatic heterocycles. The average Bonchev–Trinajstić information content (AvgIpc) is 3.21. The molecule has 0 aromatic heterocycles. The van der Waals surface area contributed by atoms with Gasteiger partial charge in [-0.1, -0.05) is 36.4 Å². The monoisotopic (exact) mass is 354 g/mol. The molecule has 25 heavy (non-hydrogen) atoms. The maximum absolute atomic E-state index is 13.0. The maximum Gasteiger partial charge on any atom is 0.254 e. The fourth-order valence-corrected chi connectivity index (χ4v) is 4.93. The minimum atomic E-state index is 0.0686. The molecule has 2 heterocycles. The van der Waals surface area contributed by atoms with Gasteiger partial charge in [0.15, 0.2) is 0 Å². The van der Waals surface area contributed by atoms with Gasteiger partial charge >= 0.3 is 0 Å². The fraction of sp³-hybridized carbons (Fsp3) is 0.400. The van der Waals surface area contributed by atoms with E-state index in [0.717, 1.165) is 34.9 Å². The van der Waals surface area contributed by atoms with Gasteiger partial charge in [-0.15, -0.1) is 11.8 Å². The molecular formula is C20H22N2O2S. The van der Waals surface area contributed by atoms with Crippen LogP contribution in [-0.2, 0) is 4.79 Å². The highest BCUT2D eigenvalue weighted by Crippen LogP contribution is 2.28. The Morgan fingerprint density at radius 3 is 2.40 bits per heavy atom. The summed E-state index contributed by atoms with van der Waals surface area (Å²) in [5.74, 6) is 1.43. The Morgan fingerprint density at radius 1 is 0.920 bits per heavy atom. The quantitative estimate of drug-likeness (QED) is 0.832. The lowest BCUT2D eigenvalue weighted by Crippen LogP contribution is -2.52. The van der Waals surface area contributed by atoms with E-state index >= 15 is 0 Å². The number of carbonyl (C=O) groups excluding carboxylic acids is 2. The van der Waals surface area contributed by atoms with Crippen LogP contribution in [0.5, 0.6) is 0 Å². The molecule has 5 heteroatoms. The van der Waals surface area contributed by atoms with E-state index in [1.165, 1.54) is 0 Å². The van der Waals surface area contributed by atoms with E-state index in [9.17, 15) is 9.59 Å². The fourth-order valence-electron chi connectivity index (χ4n) is 3.69. The van der Waals surface area contributed by atoms with Crippen molar-refractivity contribution in [3.8, 4) is 0 Å². The molecule has 0 radical (unpaired) electrons. The Hall–Kier alpha value is -2.01. The molecule has 2 amide bonds. The van der Waals surface area contributed by atoms with Crippen LogP contribution in [-0.4, -0.2) is 58.8 Å². The van der Waals surface area contributed by atoms with Gasteiger partial charge in [-0.25, -0.2) is 0 Å². The number of benzene rings is 2. The lowest BCUT2D eigenvalue weighted by molar-refractivity contribution is -0.132. The molecule has 2 aliphatic rings. The topological polar surface area (TPSA) is 40.6 Å². The maximum atomic E-state index is 13.0. The van der Waals surface area contributed by atoms with Gasteiger partial charge in [-0.3, -0.25) is 9.59 Å². The van der Waals surface area contributed by atoms with E-state index in [0.29, 0.717) is 26.2 Å². The third-order valence-corrected chi connectivity index (χ3v) is 6.47. The van der Waals surface area contributed by atoms with Gasteiger partial charge in [0.05, 0.1) is 5.25 Å². The first-order valence-electron chi connectivity index (χ1n) is 8.91. The highest BCUT2D eigenvalue weighted by Gasteiger charge is 2.31. The van der Waals surface area contributed by atoms with Gasteiger partial charge in [0, 0.05) is 31.7 Å². The summed E-state index contributed by atoms with van der Waals surface area (Å²) in [4.78, 5) is 29.3. The van der Waals surface area contributed by atoms with Gasteiger partial charge < -0.3 is 9.80 Å². The number of amides is 2. The van der Waals surface area contributed by atoms with Gasteiger partial charge in [0.25, 0.3) is 5.91 Å². The van der Waals surface area contributed by atoms with Crippen molar-refractivity contribution in [2.45, 2.75) is 18.1 Å². The van der Waals surface area contributed by atoms with Crippen molar-refractivity contribution in [3.05, 3.63) is 48.0 Å². The molecule has 2 fully saturated rings. The van der Waals surface area contributed by atoms with Crippen molar-refractivity contribution in [1.82, 2.24) is 9.80 Å². The summed E-state index contributed by atoms with van der Waals surface area (Å²) >= 11 is 1.78. The van der Waals surface area contributed by atoms with Crippen molar-refractivity contribution in [2.24, 2.45) is 0 Å². The summed E-state index contributed by atoms with van der Waals surface area (Å²) in [6, 6.07) is 13.9. The van der Waals surface area contributed by atoms with E-state index in [1.807, 2.05) is 52.3 Å². The molecule has 4 rings (SSSR count). The number of rotatable bonds is 2. The van der Waals surface area contributed by atoms with Crippen LogP contribution in [0.4, 0.5) is 0 Å². The smallest absolute Gasteiger partial charge is 0.254 e. The van der Waals surface area contributed by atoms with E-state index in [4.69, 9.17) is 0 Å². The summed E-state index contributed by atoms with van der Waals surface area (Å²) in [5, 5.41) is 2.22. The summed E-state index contributed by atoms with van der Waals surface area (Å²) in [6.07, 6.45) is 2.14. The van der Waals surface area contributed by atoms with Crippen LogP contribution in [0.25, 0.3) is 10.8 Å². The Morgan fingerprint density at radius 2 is 1.64 bits per heavy atom. The highest BCUT2D eigenvalue weighted by molar-refractivity contribution is 8.00. The first kappa shape index (κ1) is 16.5. The van der Waals surface area contributed by atoms with Crippen LogP contribution in [0.2, 0.25) is 0 Å². The van der Waals surface area contributed by atoms with Gasteiger partial charge in [0.1, 0.15) is 0 Å². The number of hydrogen-bond acceptors (Lipinski definition) is 3. The van der Waals surface area contributed by atoms with Crippen LogP contribution in [0.15, 0.2) is 42.5 Å². The Balaban J connectivity index is 1.45. The minimum absolute atomic E-state index is 0.0686. The number of fused-ring (bicyclic) bond motifs is 1. The van der Waals surface area contributed by atoms with E-state index in [-0.39, 0.29) is 17.1 Å². The second-order valence-electron chi connectivity index (χ2n) is 6.65. The second-order valence-corrected chi connectivity index (χ2v) is 7.96. The predicted octanol–water partition coefficient (Wildman–Crippen LogP) is 3.02. The normalized spacial score (nSPS) is 20.9. The van der Waals surface area contributed by atoms with Crippen molar-refractivity contribution >= 4 is 34.3 Å². The average molecular weight is 354 g/mol. The van der Waals surface area contributed by atoms with Crippen molar-refractivity contribution in [2.75, 3.05) is 31.9 Å². The Bertz CT molecular complexity index is 788. The first-order chi connectivity index (χ1) is 12.2. The number of carbonyl (C=O) groups is 2. The summed E-state index contributed by atoms with van der Waals surface area (Å²) < 4.78 is 0. The summed E-state index contributed by atoms with van der Waals surface area (Å²) in [5.41, 5.74) is 0.754. The van der Waals surface area contributed by atoms with E-state index in [1.54, 1.807) is 11.8 Å². The molecular weight excluding hydrogens is 332 g/mol. The Labute approximate surface area is 152 Å². The van der Waals surface area contributed by atoms with Crippen molar-refractivity contribution in [3.63, 3.8) is 0 Å². The third-order valence-electron chi connectivity index (χ3n) is 5.10. The largest absolute Gasteiger partial charge is 0.338 e. The SMILES string of the molecule is O=C(c1cccc2ccccc12)N1CCN(C(=O)C2CCCS2)CC1. The standard InChI is InChI=1S/C20H22N2O2S/c23-19(17-8-3-6-15-5-1-2-7-16(15)17)21-10-12-22(13-11-21)20(24)18-9-4-14-25-18/h1-3,5-8,18H,4,9-14H2. The molecule has 2 saturated heterocycles. The number of hydrogen-bond donors (Lipinski definition) is 0. The molecule has 1 unspecified atom stereocenters. The van der Waals surface area contributed by atoms with Crippen LogP contribution in [0, 0.1) is 0 Å². The van der Waals surface area contributed by atoms with Crippen molar-refractivity contribution in [1.29, 1.82) is 0 Å². The zero-order valence-corrected chi connectivity index (χ0v) is 15.0. The summed E-state index contributed by atoms with van der Waals surface area (Å²) in [7, 11) is 0. The third kappa shape index (κ3) is 3.25. The zero-order chi connectivity index (χ0) is 17.2. The lowest BCUT2D eigenvalue weighted by Gasteiger charge is -2.36. The molecule has 0 spiro atoms. The van der Waals surface area contributed by atoms with Gasteiger partial charge in [0.2, 0.25) is 5.91 Å². The molecule has 0 saturated carbocycles. The number of piperazine rings is 1. The highest BCUT2D eigenvalue weighted by atomic mass is 32.2. The molecule has 1 atom stereocenters. The molecule has 0 aliphatic carbocycles. The van der Waals surface area contributed by atoms with E-state index in [2.05, 4.69) is 0 Å². The van der Waals surface area contributed by atoms with Crippen molar-refractivity contribution < 1.29 is 9.59 Å². The number of nitrogens with zero attached hydrogens (tertiary/aromatic N) is 2. The number of thioether (sulfide) groups is 1. The molecule has 4 nitrogen and oxygen atoms in total. The van der Waals surface area contributed by atoms with Gasteiger partial charge in [-0.05, 0) is 35.4 Å². The lowest BCUT2D eigenvalue weighted by atomic mass is 10.0. The van der Waals surface area contributed by atoms with Crippen LogP contribution < -0.4 is 0 Å². The first-order valence-corrected chi connectivity index (χ1v) is 9.96. The Kier molecular flexibility index (Phi) is 4.66. The molecule has 2 aromatic rings. The molecule has 0 N–H and O–H groups in total. The second kappa shape index (κ2) is 7.08. The molecule has 0 bridgehead atoms. The van der Waals surface area contributed by atoms with Gasteiger partial charge in [-0.2, -0.15) is 0 Å². The zero-order valence-electron chi connectivity index (χ0n) is 14.2. The predicted molar refractivity (Wildman–Crippen MR) is 102 cm³/mol.